The predicted molar refractivity (Wildman–Crippen MR) is 58.7 cm³/mol. The molecular formula is C11H15FN2O. The monoisotopic (exact) mass is 210 g/mol. The zero-order valence-corrected chi connectivity index (χ0v) is 9.12. The molecule has 2 N–H and O–H groups in total. The summed E-state index contributed by atoms with van der Waals surface area (Å²) in [5, 5.41) is 0. The van der Waals surface area contributed by atoms with Crippen molar-refractivity contribution >= 4 is 11.5 Å². The summed E-state index contributed by atoms with van der Waals surface area (Å²) in [5.74, 6) is -0.661. The van der Waals surface area contributed by atoms with Crippen molar-refractivity contribution in [1.82, 2.24) is 0 Å². The van der Waals surface area contributed by atoms with E-state index in [1.807, 2.05) is 0 Å². The number of anilines is 1. The molecule has 0 spiro atoms. The summed E-state index contributed by atoms with van der Waals surface area (Å²) < 4.78 is 13.5. The quantitative estimate of drug-likeness (QED) is 0.767. The van der Waals surface area contributed by atoms with Crippen LogP contribution in [0.25, 0.3) is 0 Å². The molecule has 15 heavy (non-hydrogen) atoms. The Labute approximate surface area is 88.7 Å². The van der Waals surface area contributed by atoms with Gasteiger partial charge in [-0.3, -0.25) is 4.79 Å². The van der Waals surface area contributed by atoms with Crippen LogP contribution >= 0.6 is 0 Å². The fourth-order valence-electron chi connectivity index (χ4n) is 1.29. The van der Waals surface area contributed by atoms with Crippen LogP contribution in [0.5, 0.6) is 0 Å². The molecular weight excluding hydrogens is 195 g/mol. The Bertz CT molecular complexity index is 375. The highest BCUT2D eigenvalue weighted by atomic mass is 19.1. The molecule has 0 heterocycles. The van der Waals surface area contributed by atoms with Crippen LogP contribution in [0.1, 0.15) is 17.3 Å². The van der Waals surface area contributed by atoms with Gasteiger partial charge in [0.2, 0.25) is 0 Å². The highest BCUT2D eigenvalue weighted by molar-refractivity contribution is 5.99. The molecule has 3 nitrogen and oxygen atoms in total. The SMILES string of the molecule is CC(N)C(=O)c1ccc(N(C)C)c(F)c1. The number of ketones is 1. The van der Waals surface area contributed by atoms with E-state index in [0.29, 0.717) is 11.3 Å². The van der Waals surface area contributed by atoms with Gasteiger partial charge in [-0.25, -0.2) is 4.39 Å². The first-order valence-corrected chi connectivity index (χ1v) is 4.70. The van der Waals surface area contributed by atoms with Gasteiger partial charge in [0.05, 0.1) is 11.7 Å². The third kappa shape index (κ3) is 2.53. The maximum atomic E-state index is 13.5. The Morgan fingerprint density at radius 3 is 2.47 bits per heavy atom. The standard InChI is InChI=1S/C11H15FN2O/c1-7(13)11(15)8-4-5-10(14(2)3)9(12)6-8/h4-7H,13H2,1-3H3. The Balaban J connectivity index is 3.07. The largest absolute Gasteiger partial charge is 0.375 e. The molecule has 0 radical (unpaired) electrons. The first-order chi connectivity index (χ1) is 6.93. The summed E-state index contributed by atoms with van der Waals surface area (Å²) in [6.45, 7) is 1.58. The lowest BCUT2D eigenvalue weighted by atomic mass is 10.1. The molecule has 0 amide bonds. The van der Waals surface area contributed by atoms with Gasteiger partial charge in [0.1, 0.15) is 5.82 Å². The van der Waals surface area contributed by atoms with E-state index < -0.39 is 11.9 Å². The lowest BCUT2D eigenvalue weighted by molar-refractivity contribution is 0.0967. The molecule has 0 saturated carbocycles. The Morgan fingerprint density at radius 2 is 2.07 bits per heavy atom. The van der Waals surface area contributed by atoms with Crippen molar-refractivity contribution in [2.24, 2.45) is 5.73 Å². The van der Waals surface area contributed by atoms with E-state index in [1.165, 1.54) is 6.07 Å². The predicted octanol–water partition coefficient (Wildman–Crippen LogP) is 1.42. The number of rotatable bonds is 3. The van der Waals surface area contributed by atoms with Crippen molar-refractivity contribution in [2.75, 3.05) is 19.0 Å². The molecule has 1 unspecified atom stereocenters. The normalized spacial score (nSPS) is 12.3. The number of Topliss-reactive ketones (excluding diaryl/α,β-unsaturated/α-hetero) is 1. The second-order valence-corrected chi connectivity index (χ2v) is 3.71. The van der Waals surface area contributed by atoms with E-state index in [2.05, 4.69) is 0 Å². The summed E-state index contributed by atoms with van der Waals surface area (Å²) in [4.78, 5) is 13.1. The summed E-state index contributed by atoms with van der Waals surface area (Å²) in [5.41, 5.74) is 6.20. The number of nitrogens with zero attached hydrogens (tertiary/aromatic N) is 1. The number of carbonyl (C=O) groups excluding carboxylic acids is 1. The minimum atomic E-state index is -0.602. The molecule has 1 atom stereocenters. The maximum Gasteiger partial charge on any atom is 0.179 e. The van der Waals surface area contributed by atoms with Gasteiger partial charge in [0.25, 0.3) is 0 Å². The van der Waals surface area contributed by atoms with Crippen LogP contribution in [0.3, 0.4) is 0 Å². The first-order valence-electron chi connectivity index (χ1n) is 4.70. The van der Waals surface area contributed by atoms with E-state index in [9.17, 15) is 9.18 Å². The lowest BCUT2D eigenvalue weighted by Gasteiger charge is -2.14. The number of benzene rings is 1. The number of carbonyl (C=O) groups is 1. The smallest absolute Gasteiger partial charge is 0.179 e. The van der Waals surface area contributed by atoms with Gasteiger partial charge < -0.3 is 10.6 Å². The van der Waals surface area contributed by atoms with Crippen molar-refractivity contribution in [2.45, 2.75) is 13.0 Å². The molecule has 82 valence electrons. The van der Waals surface area contributed by atoms with Crippen LogP contribution in [0.15, 0.2) is 18.2 Å². The van der Waals surface area contributed by atoms with Gasteiger partial charge in [-0.1, -0.05) is 0 Å². The number of hydrogen-bond acceptors (Lipinski definition) is 3. The lowest BCUT2D eigenvalue weighted by Crippen LogP contribution is -2.26. The van der Waals surface area contributed by atoms with E-state index in [4.69, 9.17) is 5.73 Å². The Hall–Kier alpha value is -1.42. The number of hydrogen-bond donors (Lipinski definition) is 1. The zero-order valence-electron chi connectivity index (χ0n) is 9.12. The molecule has 0 fully saturated rings. The topological polar surface area (TPSA) is 46.3 Å². The molecule has 0 aliphatic carbocycles. The Morgan fingerprint density at radius 1 is 1.47 bits per heavy atom. The fourth-order valence-corrected chi connectivity index (χ4v) is 1.29. The molecule has 0 bridgehead atoms. The average molecular weight is 210 g/mol. The maximum absolute atomic E-state index is 13.5. The van der Waals surface area contributed by atoms with E-state index in [-0.39, 0.29) is 5.78 Å². The van der Waals surface area contributed by atoms with Crippen LogP contribution in [0.2, 0.25) is 0 Å². The van der Waals surface area contributed by atoms with Crippen molar-refractivity contribution in [1.29, 1.82) is 0 Å². The zero-order chi connectivity index (χ0) is 11.6. The van der Waals surface area contributed by atoms with Crippen LogP contribution < -0.4 is 10.6 Å². The molecule has 0 aliphatic heterocycles. The summed E-state index contributed by atoms with van der Waals surface area (Å²) in [7, 11) is 3.48. The van der Waals surface area contributed by atoms with E-state index in [1.54, 1.807) is 38.1 Å². The summed E-state index contributed by atoms with van der Waals surface area (Å²) >= 11 is 0. The van der Waals surface area contributed by atoms with Gasteiger partial charge in [-0.2, -0.15) is 0 Å². The molecule has 1 aromatic rings. The van der Waals surface area contributed by atoms with Gasteiger partial charge in [-0.05, 0) is 25.1 Å². The number of halogens is 1. The third-order valence-corrected chi connectivity index (χ3v) is 2.13. The molecule has 0 saturated heterocycles. The third-order valence-electron chi connectivity index (χ3n) is 2.13. The number of nitrogens with two attached hydrogens (primary N) is 1. The van der Waals surface area contributed by atoms with E-state index >= 15 is 0 Å². The molecule has 1 rings (SSSR count). The van der Waals surface area contributed by atoms with Crippen LogP contribution in [-0.2, 0) is 0 Å². The van der Waals surface area contributed by atoms with Gasteiger partial charge >= 0.3 is 0 Å². The van der Waals surface area contributed by atoms with Crippen LogP contribution in [0.4, 0.5) is 10.1 Å². The summed E-state index contributed by atoms with van der Waals surface area (Å²) in [6.07, 6.45) is 0. The van der Waals surface area contributed by atoms with Crippen molar-refractivity contribution < 1.29 is 9.18 Å². The molecule has 0 aliphatic rings. The minimum Gasteiger partial charge on any atom is -0.375 e. The van der Waals surface area contributed by atoms with E-state index in [0.717, 1.165) is 0 Å². The Kier molecular flexibility index (Phi) is 3.42. The van der Waals surface area contributed by atoms with Gasteiger partial charge in [0, 0.05) is 19.7 Å². The highest BCUT2D eigenvalue weighted by Crippen LogP contribution is 2.18. The van der Waals surface area contributed by atoms with Gasteiger partial charge in [-0.15, -0.1) is 0 Å². The molecule has 1 aromatic carbocycles. The van der Waals surface area contributed by atoms with Crippen molar-refractivity contribution in [3.8, 4) is 0 Å². The second-order valence-electron chi connectivity index (χ2n) is 3.71. The van der Waals surface area contributed by atoms with Crippen molar-refractivity contribution in [3.63, 3.8) is 0 Å². The minimum absolute atomic E-state index is 0.251. The van der Waals surface area contributed by atoms with Crippen LogP contribution in [-0.4, -0.2) is 25.9 Å². The second kappa shape index (κ2) is 4.40. The highest BCUT2D eigenvalue weighted by Gasteiger charge is 2.13. The fraction of sp³-hybridized carbons (Fsp3) is 0.364. The molecule has 4 heteroatoms. The van der Waals surface area contributed by atoms with Crippen molar-refractivity contribution in [3.05, 3.63) is 29.6 Å². The van der Waals surface area contributed by atoms with Crippen LogP contribution in [0, 0.1) is 5.82 Å². The van der Waals surface area contributed by atoms with Gasteiger partial charge in [0.15, 0.2) is 5.78 Å². The summed E-state index contributed by atoms with van der Waals surface area (Å²) in [6, 6.07) is 3.78. The first kappa shape index (κ1) is 11.7. The molecule has 0 aromatic heterocycles. The average Bonchev–Trinajstić information content (AvgIpc) is 2.15.